The molecule has 0 aliphatic carbocycles. The van der Waals surface area contributed by atoms with E-state index in [0.717, 1.165) is 15.4 Å². The van der Waals surface area contributed by atoms with Gasteiger partial charge in [0.1, 0.15) is 18.4 Å². The second-order valence-corrected chi connectivity index (χ2v) is 12.1. The zero-order chi connectivity index (χ0) is 30.2. The van der Waals surface area contributed by atoms with Crippen LogP contribution in [0.1, 0.15) is 57.2 Å². The number of benzene rings is 3. The van der Waals surface area contributed by atoms with E-state index in [2.05, 4.69) is 5.32 Å². The summed E-state index contributed by atoms with van der Waals surface area (Å²) in [7, 11) is -4.15. The number of aryl methyl sites for hydroxylation is 2. The van der Waals surface area contributed by atoms with Crippen LogP contribution < -0.4 is 9.62 Å². The number of sulfonamides is 1. The van der Waals surface area contributed by atoms with Crippen LogP contribution in [-0.4, -0.2) is 43.8 Å². The molecule has 1 N–H and O–H groups in total. The number of para-hydroxylation sites is 1. The van der Waals surface area contributed by atoms with Gasteiger partial charge in [-0.2, -0.15) is 0 Å². The molecular weight excluding hydrogens is 541 g/mol. The number of nitrogens with one attached hydrogen (secondary N) is 1. The molecule has 0 unspecified atom stereocenters. The van der Waals surface area contributed by atoms with Crippen LogP contribution in [0.3, 0.4) is 0 Å². The van der Waals surface area contributed by atoms with E-state index in [0.29, 0.717) is 30.5 Å². The SMILES string of the molecule is CCc1ccccc1N(CC(=O)N(Cc1ccc(F)cc1)[C@@H](CC)C(=O)N[C@H](C)CC)S(=O)(=O)c1ccc(C)cc1. The van der Waals surface area contributed by atoms with Gasteiger partial charge in [-0.3, -0.25) is 13.9 Å². The topological polar surface area (TPSA) is 86.8 Å². The minimum atomic E-state index is -4.15. The molecule has 41 heavy (non-hydrogen) atoms. The maximum Gasteiger partial charge on any atom is 0.264 e. The van der Waals surface area contributed by atoms with Crippen molar-refractivity contribution in [3.8, 4) is 0 Å². The summed E-state index contributed by atoms with van der Waals surface area (Å²) in [5, 5.41) is 2.95. The van der Waals surface area contributed by atoms with E-state index >= 15 is 0 Å². The van der Waals surface area contributed by atoms with E-state index in [1.54, 1.807) is 43.3 Å². The van der Waals surface area contributed by atoms with Crippen LogP contribution in [-0.2, 0) is 32.6 Å². The van der Waals surface area contributed by atoms with E-state index in [1.165, 1.54) is 29.2 Å². The van der Waals surface area contributed by atoms with E-state index in [-0.39, 0.29) is 23.4 Å². The van der Waals surface area contributed by atoms with E-state index in [1.807, 2.05) is 39.8 Å². The van der Waals surface area contributed by atoms with Crippen molar-refractivity contribution in [1.29, 1.82) is 0 Å². The van der Waals surface area contributed by atoms with Gasteiger partial charge in [-0.25, -0.2) is 12.8 Å². The molecule has 3 aromatic rings. The Morgan fingerprint density at radius 3 is 2.12 bits per heavy atom. The van der Waals surface area contributed by atoms with Crippen LogP contribution in [0.2, 0.25) is 0 Å². The van der Waals surface area contributed by atoms with E-state index in [4.69, 9.17) is 0 Å². The molecule has 0 radical (unpaired) electrons. The van der Waals surface area contributed by atoms with Crippen LogP contribution in [0.25, 0.3) is 0 Å². The summed E-state index contributed by atoms with van der Waals surface area (Å²) in [6.45, 7) is 8.93. The number of carbonyl (C=O) groups is 2. The van der Waals surface area contributed by atoms with E-state index < -0.39 is 34.3 Å². The molecule has 2 atom stereocenters. The molecule has 0 spiro atoms. The smallest absolute Gasteiger partial charge is 0.264 e. The fourth-order valence-electron chi connectivity index (χ4n) is 4.55. The molecule has 7 nitrogen and oxygen atoms in total. The van der Waals surface area contributed by atoms with Crippen LogP contribution in [0.15, 0.2) is 77.7 Å². The molecule has 3 rings (SSSR count). The largest absolute Gasteiger partial charge is 0.352 e. The van der Waals surface area contributed by atoms with Crippen LogP contribution in [0.4, 0.5) is 10.1 Å². The zero-order valence-corrected chi connectivity index (χ0v) is 25.2. The van der Waals surface area contributed by atoms with Crippen molar-refractivity contribution >= 4 is 27.5 Å². The van der Waals surface area contributed by atoms with Gasteiger partial charge < -0.3 is 10.2 Å². The van der Waals surface area contributed by atoms with Gasteiger partial charge in [0.15, 0.2) is 0 Å². The van der Waals surface area contributed by atoms with Gasteiger partial charge in [-0.15, -0.1) is 0 Å². The molecule has 0 aliphatic rings. The summed E-state index contributed by atoms with van der Waals surface area (Å²) < 4.78 is 42.9. The molecule has 220 valence electrons. The monoisotopic (exact) mass is 581 g/mol. The number of hydrogen-bond acceptors (Lipinski definition) is 4. The van der Waals surface area contributed by atoms with Gasteiger partial charge in [-0.05, 0) is 74.6 Å². The lowest BCUT2D eigenvalue weighted by molar-refractivity contribution is -0.140. The minimum absolute atomic E-state index is 0.0133. The van der Waals surface area contributed by atoms with Crippen molar-refractivity contribution in [2.45, 2.75) is 77.4 Å². The average Bonchev–Trinajstić information content (AvgIpc) is 2.96. The lowest BCUT2D eigenvalue weighted by atomic mass is 10.1. The van der Waals surface area contributed by atoms with Gasteiger partial charge in [0, 0.05) is 12.6 Å². The highest BCUT2D eigenvalue weighted by atomic mass is 32.2. The third kappa shape index (κ3) is 7.94. The number of carbonyl (C=O) groups excluding carboxylic acids is 2. The molecule has 0 bridgehead atoms. The summed E-state index contributed by atoms with van der Waals surface area (Å²) in [5.41, 5.74) is 2.70. The van der Waals surface area contributed by atoms with Gasteiger partial charge in [-0.1, -0.05) is 68.8 Å². The predicted octanol–water partition coefficient (Wildman–Crippen LogP) is 5.61. The first-order valence-corrected chi connectivity index (χ1v) is 15.5. The summed E-state index contributed by atoms with van der Waals surface area (Å²) >= 11 is 0. The maximum absolute atomic E-state index is 14.2. The van der Waals surface area contributed by atoms with Crippen molar-refractivity contribution in [3.63, 3.8) is 0 Å². The van der Waals surface area contributed by atoms with Crippen molar-refractivity contribution < 1.29 is 22.4 Å². The fraction of sp³-hybridized carbons (Fsp3) is 0.375. The quantitative estimate of drug-likeness (QED) is 0.284. The van der Waals surface area contributed by atoms with Crippen molar-refractivity contribution in [2.75, 3.05) is 10.8 Å². The standard InChI is InChI=1S/C32H40FN3O4S/c1-6-24(5)34-32(38)29(8-3)35(21-25-15-17-27(33)18-16-25)31(37)22-36(30-12-10-9-11-26(30)7-2)41(39,40)28-19-13-23(4)14-20-28/h9-20,24,29H,6-8,21-22H2,1-5H3,(H,34,38)/t24-,29+/m1/s1. The summed E-state index contributed by atoms with van der Waals surface area (Å²) in [6.07, 6.45) is 1.58. The summed E-state index contributed by atoms with van der Waals surface area (Å²) in [5.74, 6) is -1.28. The maximum atomic E-state index is 14.2. The molecule has 9 heteroatoms. The Kier molecular flexibility index (Phi) is 11.1. The van der Waals surface area contributed by atoms with Gasteiger partial charge in [0.05, 0.1) is 10.6 Å². The molecule has 0 saturated heterocycles. The van der Waals surface area contributed by atoms with E-state index in [9.17, 15) is 22.4 Å². The summed E-state index contributed by atoms with van der Waals surface area (Å²) in [6, 6.07) is 18.3. The lowest BCUT2D eigenvalue weighted by Crippen LogP contribution is -2.53. The minimum Gasteiger partial charge on any atom is -0.352 e. The van der Waals surface area contributed by atoms with Crippen LogP contribution in [0, 0.1) is 12.7 Å². The van der Waals surface area contributed by atoms with Crippen molar-refractivity contribution in [3.05, 3.63) is 95.3 Å². The first-order chi connectivity index (χ1) is 19.5. The molecule has 0 aliphatic heterocycles. The molecular formula is C32H40FN3O4S. The fourth-order valence-corrected chi connectivity index (χ4v) is 6.00. The Morgan fingerprint density at radius 2 is 1.54 bits per heavy atom. The molecule has 0 fully saturated rings. The number of rotatable bonds is 13. The second-order valence-electron chi connectivity index (χ2n) is 10.2. The van der Waals surface area contributed by atoms with Gasteiger partial charge in [0.2, 0.25) is 11.8 Å². The molecule has 3 aromatic carbocycles. The highest BCUT2D eigenvalue weighted by Gasteiger charge is 2.34. The molecule has 2 amide bonds. The predicted molar refractivity (Wildman–Crippen MR) is 160 cm³/mol. The first kappa shape index (κ1) is 31.8. The average molecular weight is 582 g/mol. The Balaban J connectivity index is 2.09. The number of halogens is 1. The number of hydrogen-bond donors (Lipinski definition) is 1. The Bertz CT molecular complexity index is 1430. The molecule has 0 heterocycles. The summed E-state index contributed by atoms with van der Waals surface area (Å²) in [4.78, 5) is 29.0. The highest BCUT2D eigenvalue weighted by Crippen LogP contribution is 2.28. The van der Waals surface area contributed by atoms with Crippen molar-refractivity contribution in [1.82, 2.24) is 10.2 Å². The Labute approximate surface area is 243 Å². The Hall–Kier alpha value is -3.72. The number of nitrogens with zero attached hydrogens (tertiary/aromatic N) is 2. The molecule has 0 saturated carbocycles. The Morgan fingerprint density at radius 1 is 0.902 bits per heavy atom. The first-order valence-electron chi connectivity index (χ1n) is 14.0. The number of amides is 2. The van der Waals surface area contributed by atoms with Gasteiger partial charge in [0.25, 0.3) is 10.0 Å². The third-order valence-electron chi connectivity index (χ3n) is 7.18. The third-order valence-corrected chi connectivity index (χ3v) is 8.96. The highest BCUT2D eigenvalue weighted by molar-refractivity contribution is 7.92. The lowest BCUT2D eigenvalue weighted by Gasteiger charge is -2.34. The molecule has 0 aromatic heterocycles. The van der Waals surface area contributed by atoms with Crippen molar-refractivity contribution in [2.24, 2.45) is 0 Å². The van der Waals surface area contributed by atoms with Crippen LogP contribution in [0.5, 0.6) is 0 Å². The van der Waals surface area contributed by atoms with Crippen LogP contribution >= 0.6 is 0 Å². The number of anilines is 1. The second kappa shape index (κ2) is 14.3. The normalized spacial score (nSPS) is 12.8. The zero-order valence-electron chi connectivity index (χ0n) is 24.4. The van der Waals surface area contributed by atoms with Gasteiger partial charge >= 0.3 is 0 Å².